The number of carbonyl (C=O) groups excluding carboxylic acids is 1. The number of nitrogens with zero attached hydrogens (tertiary/aromatic N) is 1. The predicted octanol–water partition coefficient (Wildman–Crippen LogP) is 6.36. The first kappa shape index (κ1) is 24.2. The molecule has 4 aromatic rings. The molecule has 1 N–H and O–H groups in total. The summed E-state index contributed by atoms with van der Waals surface area (Å²) < 4.78 is 39.1. The Morgan fingerprint density at radius 1 is 1.08 bits per heavy atom. The maximum atomic E-state index is 13.9. The molecule has 1 fully saturated rings. The van der Waals surface area contributed by atoms with Crippen molar-refractivity contribution in [2.75, 3.05) is 32.9 Å². The summed E-state index contributed by atoms with van der Waals surface area (Å²) in [5.74, 6) is 0.944. The number of aryl methyl sites for hydroxylation is 1. The minimum atomic E-state index is -0.489. The molecule has 0 radical (unpaired) electrons. The highest BCUT2D eigenvalue weighted by Crippen LogP contribution is 2.43. The Kier molecular flexibility index (Phi) is 6.89. The third-order valence-electron chi connectivity index (χ3n) is 6.25. The van der Waals surface area contributed by atoms with Gasteiger partial charge in [-0.05, 0) is 67.1 Å². The molecule has 0 amide bonds. The van der Waals surface area contributed by atoms with E-state index in [4.69, 9.17) is 9.47 Å². The molecule has 0 bridgehead atoms. The van der Waals surface area contributed by atoms with E-state index < -0.39 is 5.82 Å². The van der Waals surface area contributed by atoms with E-state index in [1.54, 1.807) is 49.4 Å². The molecule has 5 nitrogen and oxygen atoms in total. The average Bonchev–Trinajstić information content (AvgIpc) is 3.19. The highest BCUT2D eigenvalue weighted by Gasteiger charge is 2.26. The van der Waals surface area contributed by atoms with Crippen LogP contribution in [0.4, 0.5) is 8.78 Å². The summed E-state index contributed by atoms with van der Waals surface area (Å²) in [5.41, 5.74) is 0.923. The van der Waals surface area contributed by atoms with E-state index in [0.29, 0.717) is 44.4 Å². The quantitative estimate of drug-likeness (QED) is 0.266. The molecule has 186 valence electrons. The molecule has 1 aliphatic heterocycles. The van der Waals surface area contributed by atoms with Gasteiger partial charge in [-0.2, -0.15) is 0 Å². The van der Waals surface area contributed by atoms with E-state index in [2.05, 4.69) is 4.90 Å². The molecule has 2 heterocycles. The first-order valence-electron chi connectivity index (χ1n) is 11.7. The maximum Gasteiger partial charge on any atom is 0.207 e. The number of phenolic OH excluding ortho intramolecular Hbond substituents is 1. The lowest BCUT2D eigenvalue weighted by atomic mass is 10.0. The van der Waals surface area contributed by atoms with Crippen LogP contribution in [0.1, 0.15) is 20.8 Å². The van der Waals surface area contributed by atoms with E-state index in [9.17, 15) is 18.7 Å². The van der Waals surface area contributed by atoms with E-state index in [1.165, 1.54) is 29.5 Å². The molecular formula is C28H25F2NO4S. The fourth-order valence-electron chi connectivity index (χ4n) is 4.24. The number of halogens is 2. The van der Waals surface area contributed by atoms with Crippen molar-refractivity contribution in [3.63, 3.8) is 0 Å². The van der Waals surface area contributed by atoms with Gasteiger partial charge >= 0.3 is 0 Å². The maximum absolute atomic E-state index is 13.9. The van der Waals surface area contributed by atoms with Crippen LogP contribution in [0.3, 0.4) is 0 Å². The van der Waals surface area contributed by atoms with Crippen molar-refractivity contribution >= 4 is 27.2 Å². The molecule has 36 heavy (non-hydrogen) atoms. The van der Waals surface area contributed by atoms with Gasteiger partial charge in [0.2, 0.25) is 5.78 Å². The number of alkyl halides is 1. The van der Waals surface area contributed by atoms with E-state index in [1.807, 2.05) is 0 Å². The van der Waals surface area contributed by atoms with E-state index in [-0.39, 0.29) is 29.7 Å². The smallest absolute Gasteiger partial charge is 0.207 e. The third kappa shape index (κ3) is 5.05. The standard InChI is InChI=1S/C28H25F2NO4S/c1-17-2-3-19(30)12-24(17)26(33)28-27(23-9-4-20(32)13-25(23)36-28)35-22-7-5-21(6-8-22)34-11-10-31-15-18(14-29)16-31/h2-9,12-13,18,32H,10-11,14-16H2,1H3. The number of fused-ring (bicyclic) bond motifs is 1. The van der Waals surface area contributed by atoms with Gasteiger partial charge in [0, 0.05) is 41.2 Å². The number of hydrogen-bond donors (Lipinski definition) is 1. The Balaban J connectivity index is 1.35. The third-order valence-corrected chi connectivity index (χ3v) is 7.38. The lowest BCUT2D eigenvalue weighted by molar-refractivity contribution is 0.0668. The number of ether oxygens (including phenoxy) is 2. The van der Waals surface area contributed by atoms with Crippen molar-refractivity contribution in [3.05, 3.63) is 82.5 Å². The Labute approximate surface area is 211 Å². The Bertz CT molecular complexity index is 1400. The molecular weight excluding hydrogens is 484 g/mol. The molecule has 0 saturated carbocycles. The van der Waals surface area contributed by atoms with Crippen molar-refractivity contribution in [1.82, 2.24) is 4.90 Å². The Morgan fingerprint density at radius 3 is 2.58 bits per heavy atom. The van der Waals surface area contributed by atoms with Gasteiger partial charge in [0.1, 0.15) is 34.5 Å². The average molecular weight is 510 g/mol. The number of hydrogen-bond acceptors (Lipinski definition) is 6. The summed E-state index contributed by atoms with van der Waals surface area (Å²) in [7, 11) is 0. The molecule has 1 saturated heterocycles. The van der Waals surface area contributed by atoms with Crippen molar-refractivity contribution in [3.8, 4) is 23.0 Å². The molecule has 0 unspecified atom stereocenters. The Hall–Kier alpha value is -3.49. The summed E-state index contributed by atoms with van der Waals surface area (Å²) in [5, 5.41) is 10.6. The molecule has 1 aromatic heterocycles. The van der Waals surface area contributed by atoms with Crippen LogP contribution in [0.2, 0.25) is 0 Å². The minimum Gasteiger partial charge on any atom is -0.508 e. The van der Waals surface area contributed by atoms with Gasteiger partial charge in [-0.3, -0.25) is 14.1 Å². The summed E-state index contributed by atoms with van der Waals surface area (Å²) in [4.78, 5) is 15.9. The van der Waals surface area contributed by atoms with Crippen molar-refractivity contribution < 1.29 is 28.2 Å². The molecule has 3 aromatic carbocycles. The summed E-state index contributed by atoms with van der Waals surface area (Å²) in [6, 6.07) is 16.0. The van der Waals surface area contributed by atoms with Crippen LogP contribution in [0.5, 0.6) is 23.0 Å². The number of likely N-dealkylation sites (tertiary alicyclic amines) is 1. The topological polar surface area (TPSA) is 59.0 Å². The number of phenols is 1. The van der Waals surface area contributed by atoms with Gasteiger partial charge in [0.15, 0.2) is 5.75 Å². The molecule has 1 aliphatic rings. The van der Waals surface area contributed by atoms with Crippen molar-refractivity contribution in [2.24, 2.45) is 5.92 Å². The largest absolute Gasteiger partial charge is 0.508 e. The summed E-state index contributed by atoms with van der Waals surface area (Å²) in [6.45, 7) is 4.28. The molecule has 0 spiro atoms. The summed E-state index contributed by atoms with van der Waals surface area (Å²) in [6.07, 6.45) is 0. The second-order valence-corrected chi connectivity index (χ2v) is 9.98. The zero-order valence-electron chi connectivity index (χ0n) is 19.7. The van der Waals surface area contributed by atoms with Crippen LogP contribution in [0, 0.1) is 18.7 Å². The first-order valence-corrected chi connectivity index (χ1v) is 12.5. The van der Waals surface area contributed by atoms with Gasteiger partial charge in [-0.25, -0.2) is 4.39 Å². The molecule has 0 aliphatic carbocycles. The lowest BCUT2D eigenvalue weighted by Gasteiger charge is -2.37. The lowest BCUT2D eigenvalue weighted by Crippen LogP contribution is -2.49. The Morgan fingerprint density at radius 2 is 1.83 bits per heavy atom. The van der Waals surface area contributed by atoms with Crippen molar-refractivity contribution in [1.29, 1.82) is 0 Å². The normalized spacial score (nSPS) is 14.1. The highest BCUT2D eigenvalue weighted by atomic mass is 32.1. The number of thiophene rings is 1. The zero-order chi connectivity index (χ0) is 25.2. The van der Waals surface area contributed by atoms with Gasteiger partial charge < -0.3 is 14.6 Å². The SMILES string of the molecule is Cc1ccc(F)cc1C(=O)c1sc2cc(O)ccc2c1Oc1ccc(OCCN2CC(CF)C2)cc1. The summed E-state index contributed by atoms with van der Waals surface area (Å²) >= 11 is 1.19. The molecule has 5 rings (SSSR count). The predicted molar refractivity (Wildman–Crippen MR) is 136 cm³/mol. The zero-order valence-corrected chi connectivity index (χ0v) is 20.5. The van der Waals surface area contributed by atoms with Gasteiger partial charge in [-0.15, -0.1) is 11.3 Å². The fraction of sp³-hybridized carbons (Fsp3) is 0.250. The second kappa shape index (κ2) is 10.2. The first-order chi connectivity index (χ1) is 17.4. The van der Waals surface area contributed by atoms with E-state index >= 15 is 0 Å². The number of carbonyl (C=O) groups is 1. The molecule has 0 atom stereocenters. The number of ketones is 1. The highest BCUT2D eigenvalue weighted by molar-refractivity contribution is 7.21. The number of benzene rings is 3. The van der Waals surface area contributed by atoms with Gasteiger partial charge in [-0.1, -0.05) is 6.07 Å². The number of aromatic hydroxyl groups is 1. The van der Waals surface area contributed by atoms with Crippen LogP contribution in [-0.2, 0) is 0 Å². The van der Waals surface area contributed by atoms with Crippen LogP contribution in [-0.4, -0.2) is 48.7 Å². The van der Waals surface area contributed by atoms with E-state index in [0.717, 1.165) is 19.6 Å². The van der Waals surface area contributed by atoms with Gasteiger partial charge in [0.25, 0.3) is 0 Å². The molecule has 8 heteroatoms. The van der Waals surface area contributed by atoms with Crippen LogP contribution in [0.25, 0.3) is 10.1 Å². The van der Waals surface area contributed by atoms with Crippen LogP contribution in [0.15, 0.2) is 60.7 Å². The number of rotatable bonds is 9. The second-order valence-electron chi connectivity index (χ2n) is 8.93. The van der Waals surface area contributed by atoms with Gasteiger partial charge in [0.05, 0.1) is 6.67 Å². The van der Waals surface area contributed by atoms with Crippen LogP contribution < -0.4 is 9.47 Å². The van der Waals surface area contributed by atoms with Crippen LogP contribution >= 0.6 is 11.3 Å². The fourth-order valence-corrected chi connectivity index (χ4v) is 5.36. The van der Waals surface area contributed by atoms with Crippen molar-refractivity contribution in [2.45, 2.75) is 6.92 Å². The minimum absolute atomic E-state index is 0.0798. The monoisotopic (exact) mass is 509 g/mol.